The summed E-state index contributed by atoms with van der Waals surface area (Å²) >= 11 is 0. The fourth-order valence-corrected chi connectivity index (χ4v) is 4.64. The molecule has 0 aromatic carbocycles. The van der Waals surface area contributed by atoms with E-state index in [-0.39, 0.29) is 23.5 Å². The van der Waals surface area contributed by atoms with E-state index in [9.17, 15) is 8.42 Å². The van der Waals surface area contributed by atoms with Gasteiger partial charge in [-0.1, -0.05) is 26.7 Å². The van der Waals surface area contributed by atoms with Crippen molar-refractivity contribution in [3.63, 3.8) is 0 Å². The van der Waals surface area contributed by atoms with Gasteiger partial charge in [0, 0.05) is 18.8 Å². The number of sulfonamides is 1. The molecule has 0 spiro atoms. The van der Waals surface area contributed by atoms with Crippen molar-refractivity contribution in [2.75, 3.05) is 13.2 Å². The highest BCUT2D eigenvalue weighted by atomic mass is 32.2. The first kappa shape index (κ1) is 16.5. The smallest absolute Gasteiger partial charge is 0.246 e. The second-order valence-electron chi connectivity index (χ2n) is 6.07. The van der Waals surface area contributed by atoms with E-state index in [0.717, 1.165) is 25.7 Å². The fraction of sp³-hybridized carbons (Fsp3) is 0.786. The largest absolute Gasteiger partial charge is 0.394 e. The van der Waals surface area contributed by atoms with Gasteiger partial charge in [-0.25, -0.2) is 8.42 Å². The molecule has 1 fully saturated rings. The van der Waals surface area contributed by atoms with E-state index in [2.05, 4.69) is 5.10 Å². The van der Waals surface area contributed by atoms with Crippen LogP contribution < -0.4 is 0 Å². The van der Waals surface area contributed by atoms with Gasteiger partial charge in [0.2, 0.25) is 10.0 Å². The van der Waals surface area contributed by atoms with Crippen molar-refractivity contribution in [3.05, 3.63) is 12.4 Å². The minimum Gasteiger partial charge on any atom is -0.394 e. The third-order valence-corrected chi connectivity index (χ3v) is 5.69. The molecular formula is C14H25N3O3S. The Kier molecular flexibility index (Phi) is 5.40. The average Bonchev–Trinajstić information content (AvgIpc) is 3.07. The maximum Gasteiger partial charge on any atom is 0.246 e. The van der Waals surface area contributed by atoms with E-state index < -0.39 is 10.0 Å². The lowest BCUT2D eigenvalue weighted by molar-refractivity contribution is 0.269. The second-order valence-corrected chi connectivity index (χ2v) is 7.96. The lowest BCUT2D eigenvalue weighted by Gasteiger charge is -2.29. The Morgan fingerprint density at radius 2 is 2.10 bits per heavy atom. The summed E-state index contributed by atoms with van der Waals surface area (Å²) < 4.78 is 28.9. The molecule has 1 N–H and O–H groups in total. The Hall–Kier alpha value is -0.920. The van der Waals surface area contributed by atoms with E-state index in [0.29, 0.717) is 13.1 Å². The number of aromatic nitrogens is 2. The Morgan fingerprint density at radius 1 is 1.43 bits per heavy atom. The summed E-state index contributed by atoms with van der Waals surface area (Å²) in [6.07, 6.45) is 6.96. The number of aliphatic hydroxyl groups is 1. The van der Waals surface area contributed by atoms with Crippen LogP contribution in [0.25, 0.3) is 0 Å². The first-order chi connectivity index (χ1) is 9.95. The van der Waals surface area contributed by atoms with Gasteiger partial charge in [-0.2, -0.15) is 9.40 Å². The lowest BCUT2D eigenvalue weighted by atomic mass is 10.2. The number of aliphatic hydroxyl groups excluding tert-OH is 1. The Bertz CT molecular complexity index is 548. The minimum absolute atomic E-state index is 0.0561. The summed E-state index contributed by atoms with van der Waals surface area (Å²) in [5, 5.41) is 12.9. The molecule has 2 rings (SSSR count). The Labute approximate surface area is 126 Å². The predicted octanol–water partition coefficient (Wildman–Crippen LogP) is 1.46. The lowest BCUT2D eigenvalue weighted by Crippen LogP contribution is -2.41. The average molecular weight is 315 g/mol. The van der Waals surface area contributed by atoms with Gasteiger partial charge < -0.3 is 5.11 Å². The zero-order valence-corrected chi connectivity index (χ0v) is 13.6. The zero-order valence-electron chi connectivity index (χ0n) is 12.8. The van der Waals surface area contributed by atoms with Gasteiger partial charge in [0.25, 0.3) is 0 Å². The molecule has 120 valence electrons. The van der Waals surface area contributed by atoms with Gasteiger partial charge in [-0.05, 0) is 18.8 Å². The summed E-state index contributed by atoms with van der Waals surface area (Å²) in [5.74, 6) is 0.285. The van der Waals surface area contributed by atoms with Crippen LogP contribution in [-0.4, -0.2) is 46.8 Å². The SMILES string of the molecule is CC(C)CN(C1CCCC1)S(=O)(=O)c1cnn(CCO)c1. The van der Waals surface area contributed by atoms with Crippen molar-refractivity contribution in [3.8, 4) is 0 Å². The topological polar surface area (TPSA) is 75.4 Å². The van der Waals surface area contributed by atoms with E-state index in [4.69, 9.17) is 5.11 Å². The van der Waals surface area contributed by atoms with Gasteiger partial charge in [0.15, 0.2) is 0 Å². The van der Waals surface area contributed by atoms with Gasteiger partial charge >= 0.3 is 0 Å². The molecule has 1 saturated carbocycles. The molecule has 0 bridgehead atoms. The molecule has 1 aliphatic carbocycles. The first-order valence-electron chi connectivity index (χ1n) is 7.60. The van der Waals surface area contributed by atoms with Crippen LogP contribution in [0.5, 0.6) is 0 Å². The molecule has 0 radical (unpaired) electrons. The Morgan fingerprint density at radius 3 is 2.67 bits per heavy atom. The van der Waals surface area contributed by atoms with Gasteiger partial charge in [0.05, 0.1) is 19.3 Å². The van der Waals surface area contributed by atoms with Crippen molar-refractivity contribution in [1.82, 2.24) is 14.1 Å². The quantitative estimate of drug-likeness (QED) is 0.826. The van der Waals surface area contributed by atoms with E-state index in [1.165, 1.54) is 17.1 Å². The van der Waals surface area contributed by atoms with Crippen molar-refractivity contribution in [2.45, 2.75) is 57.0 Å². The summed E-state index contributed by atoms with van der Waals surface area (Å²) in [4.78, 5) is 0.225. The van der Waals surface area contributed by atoms with Crippen LogP contribution in [-0.2, 0) is 16.6 Å². The molecule has 0 aliphatic heterocycles. The van der Waals surface area contributed by atoms with Gasteiger partial charge in [-0.15, -0.1) is 0 Å². The highest BCUT2D eigenvalue weighted by molar-refractivity contribution is 7.89. The molecule has 21 heavy (non-hydrogen) atoms. The first-order valence-corrected chi connectivity index (χ1v) is 9.04. The second kappa shape index (κ2) is 6.89. The zero-order chi connectivity index (χ0) is 15.5. The molecule has 0 atom stereocenters. The molecule has 7 heteroatoms. The van der Waals surface area contributed by atoms with Crippen molar-refractivity contribution < 1.29 is 13.5 Å². The van der Waals surface area contributed by atoms with Crippen LogP contribution in [0.15, 0.2) is 17.3 Å². The van der Waals surface area contributed by atoms with E-state index in [1.807, 2.05) is 13.8 Å². The molecule has 0 unspecified atom stereocenters. The van der Waals surface area contributed by atoms with Crippen molar-refractivity contribution in [1.29, 1.82) is 0 Å². The van der Waals surface area contributed by atoms with Gasteiger partial charge in [0.1, 0.15) is 4.90 Å². The number of rotatable bonds is 7. The van der Waals surface area contributed by atoms with Crippen LogP contribution in [0.2, 0.25) is 0 Å². The number of hydrogen-bond acceptors (Lipinski definition) is 4. The molecule has 1 heterocycles. The standard InChI is InChI=1S/C14H25N3O3S/c1-12(2)10-17(13-5-3-4-6-13)21(19,20)14-9-15-16(11-14)7-8-18/h9,11-13,18H,3-8,10H2,1-2H3. The van der Waals surface area contributed by atoms with Crippen molar-refractivity contribution in [2.24, 2.45) is 5.92 Å². The molecule has 0 amide bonds. The van der Waals surface area contributed by atoms with E-state index in [1.54, 1.807) is 4.31 Å². The summed E-state index contributed by atoms with van der Waals surface area (Å²) in [6.45, 7) is 4.86. The van der Waals surface area contributed by atoms with Crippen LogP contribution in [0, 0.1) is 5.92 Å². The molecule has 6 nitrogen and oxygen atoms in total. The van der Waals surface area contributed by atoms with Crippen LogP contribution in [0.1, 0.15) is 39.5 Å². The highest BCUT2D eigenvalue weighted by Gasteiger charge is 2.34. The third-order valence-electron chi connectivity index (χ3n) is 3.82. The van der Waals surface area contributed by atoms with Crippen LogP contribution in [0.4, 0.5) is 0 Å². The maximum atomic E-state index is 12.9. The third kappa shape index (κ3) is 3.84. The van der Waals surface area contributed by atoms with Crippen molar-refractivity contribution >= 4 is 10.0 Å². The van der Waals surface area contributed by atoms with Crippen LogP contribution in [0.3, 0.4) is 0 Å². The van der Waals surface area contributed by atoms with Gasteiger partial charge in [-0.3, -0.25) is 4.68 Å². The number of hydrogen-bond donors (Lipinski definition) is 1. The molecule has 1 aromatic rings. The molecule has 1 aromatic heterocycles. The molecule has 0 saturated heterocycles. The molecular weight excluding hydrogens is 290 g/mol. The predicted molar refractivity (Wildman–Crippen MR) is 80.3 cm³/mol. The maximum absolute atomic E-state index is 12.9. The summed E-state index contributed by atoms with van der Waals surface area (Å²) in [5.41, 5.74) is 0. The highest BCUT2D eigenvalue weighted by Crippen LogP contribution is 2.29. The summed E-state index contributed by atoms with van der Waals surface area (Å²) in [7, 11) is -3.51. The number of nitrogens with zero attached hydrogens (tertiary/aromatic N) is 3. The minimum atomic E-state index is -3.51. The van der Waals surface area contributed by atoms with E-state index >= 15 is 0 Å². The fourth-order valence-electron chi connectivity index (χ4n) is 2.83. The molecule has 1 aliphatic rings. The summed E-state index contributed by atoms with van der Waals surface area (Å²) in [6, 6.07) is 0.110. The monoisotopic (exact) mass is 315 g/mol. The Balaban J connectivity index is 2.26. The normalized spacial score (nSPS) is 17.2. The van der Waals surface area contributed by atoms with Crippen LogP contribution >= 0.6 is 0 Å².